The fourth-order valence-corrected chi connectivity index (χ4v) is 2.20. The first-order valence-corrected chi connectivity index (χ1v) is 6.20. The molecule has 0 radical (unpaired) electrons. The number of aromatic carboxylic acids is 1. The number of rotatable bonds is 2. The van der Waals surface area contributed by atoms with Crippen LogP contribution in [0.4, 0.5) is 5.82 Å². The average Bonchev–Trinajstić information content (AvgIpc) is 2.38. The predicted octanol–water partition coefficient (Wildman–Crippen LogP) is 0.757. The lowest BCUT2D eigenvalue weighted by molar-refractivity contribution is -0.129. The largest absolute Gasteiger partial charge is 0.478 e. The second-order valence-corrected chi connectivity index (χ2v) is 4.60. The van der Waals surface area contributed by atoms with E-state index in [2.05, 4.69) is 9.88 Å². The lowest BCUT2D eigenvalue weighted by atomic mass is 10.2. The number of hydrogen-bond acceptors (Lipinski definition) is 4. The van der Waals surface area contributed by atoms with Crippen molar-refractivity contribution in [1.29, 1.82) is 0 Å². The number of aryl methyl sites for hydroxylation is 1. The molecule has 2 heterocycles. The van der Waals surface area contributed by atoms with Gasteiger partial charge < -0.3 is 14.9 Å². The second kappa shape index (κ2) is 5.26. The molecule has 1 aromatic heterocycles. The molecule has 0 atom stereocenters. The van der Waals surface area contributed by atoms with Crippen LogP contribution in [0, 0.1) is 6.92 Å². The van der Waals surface area contributed by atoms with Crippen LogP contribution >= 0.6 is 0 Å². The topological polar surface area (TPSA) is 73.7 Å². The third kappa shape index (κ3) is 2.83. The number of carbonyl (C=O) groups is 2. The quantitative estimate of drug-likeness (QED) is 0.852. The van der Waals surface area contributed by atoms with Crippen molar-refractivity contribution in [1.82, 2.24) is 9.88 Å². The molecule has 1 aliphatic rings. The van der Waals surface area contributed by atoms with Gasteiger partial charge in [0.15, 0.2) is 0 Å². The van der Waals surface area contributed by atoms with Gasteiger partial charge in [0.25, 0.3) is 0 Å². The van der Waals surface area contributed by atoms with Crippen molar-refractivity contribution in [2.75, 3.05) is 31.1 Å². The van der Waals surface area contributed by atoms with Crippen LogP contribution in [-0.2, 0) is 4.79 Å². The van der Waals surface area contributed by atoms with Crippen molar-refractivity contribution in [3.05, 3.63) is 23.4 Å². The van der Waals surface area contributed by atoms with Crippen LogP contribution in [0.25, 0.3) is 0 Å². The van der Waals surface area contributed by atoms with Crippen molar-refractivity contribution in [3.8, 4) is 0 Å². The molecule has 19 heavy (non-hydrogen) atoms. The van der Waals surface area contributed by atoms with E-state index in [1.165, 1.54) is 0 Å². The highest BCUT2D eigenvalue weighted by molar-refractivity contribution is 5.89. The minimum absolute atomic E-state index is 0.0880. The van der Waals surface area contributed by atoms with E-state index in [4.69, 9.17) is 5.11 Å². The Bertz CT molecular complexity index is 508. The summed E-state index contributed by atoms with van der Waals surface area (Å²) in [5.41, 5.74) is 0.741. The summed E-state index contributed by atoms with van der Waals surface area (Å²) in [5.74, 6) is -0.103. The molecule has 1 amide bonds. The zero-order valence-electron chi connectivity index (χ0n) is 11.1. The Morgan fingerprint density at radius 1 is 1.21 bits per heavy atom. The summed E-state index contributed by atoms with van der Waals surface area (Å²) in [4.78, 5) is 30.4. The minimum Gasteiger partial charge on any atom is -0.478 e. The lowest BCUT2D eigenvalue weighted by Crippen LogP contribution is -2.48. The van der Waals surface area contributed by atoms with Gasteiger partial charge in [-0.1, -0.05) is 0 Å². The van der Waals surface area contributed by atoms with Gasteiger partial charge in [0.2, 0.25) is 5.91 Å². The summed E-state index contributed by atoms with van der Waals surface area (Å²) < 4.78 is 0. The van der Waals surface area contributed by atoms with Crippen molar-refractivity contribution in [2.24, 2.45) is 0 Å². The first kappa shape index (κ1) is 13.3. The Hall–Kier alpha value is -2.11. The van der Waals surface area contributed by atoms with E-state index in [9.17, 15) is 9.59 Å². The molecule has 0 aromatic carbocycles. The van der Waals surface area contributed by atoms with Crippen LogP contribution in [0.1, 0.15) is 23.0 Å². The highest BCUT2D eigenvalue weighted by Gasteiger charge is 2.20. The maximum Gasteiger partial charge on any atom is 0.337 e. The Labute approximate surface area is 111 Å². The van der Waals surface area contributed by atoms with Gasteiger partial charge in [-0.15, -0.1) is 0 Å². The number of amides is 1. The molecule has 1 fully saturated rings. The molecule has 0 aliphatic carbocycles. The Balaban J connectivity index is 2.10. The van der Waals surface area contributed by atoms with Gasteiger partial charge in [0, 0.05) is 33.1 Å². The standard InChI is InChI=1S/C13H17N3O3/c1-9-11(13(18)19)3-4-12(14-9)16-7-5-15(6-8-16)10(2)17/h3-4H,5-8H2,1-2H3,(H,18,19). The first-order chi connectivity index (χ1) is 8.99. The molecule has 0 unspecified atom stereocenters. The highest BCUT2D eigenvalue weighted by atomic mass is 16.4. The fourth-order valence-electron chi connectivity index (χ4n) is 2.20. The molecule has 6 heteroatoms. The Morgan fingerprint density at radius 2 is 1.84 bits per heavy atom. The molecule has 0 spiro atoms. The number of carboxylic acid groups (broad SMARTS) is 1. The van der Waals surface area contributed by atoms with Gasteiger partial charge in [-0.05, 0) is 19.1 Å². The summed E-state index contributed by atoms with van der Waals surface area (Å²) in [6, 6.07) is 3.30. The third-order valence-corrected chi connectivity index (χ3v) is 3.35. The second-order valence-electron chi connectivity index (χ2n) is 4.60. The van der Waals surface area contributed by atoms with Crippen molar-refractivity contribution >= 4 is 17.7 Å². The number of nitrogens with zero attached hydrogens (tertiary/aromatic N) is 3. The first-order valence-electron chi connectivity index (χ1n) is 6.20. The van der Waals surface area contributed by atoms with Crippen LogP contribution in [0.3, 0.4) is 0 Å². The molecule has 6 nitrogen and oxygen atoms in total. The molecular weight excluding hydrogens is 246 g/mol. The lowest BCUT2D eigenvalue weighted by Gasteiger charge is -2.35. The van der Waals surface area contributed by atoms with Crippen LogP contribution in [0.5, 0.6) is 0 Å². The number of aromatic nitrogens is 1. The highest BCUT2D eigenvalue weighted by Crippen LogP contribution is 2.16. The van der Waals surface area contributed by atoms with Crippen LogP contribution in [0.2, 0.25) is 0 Å². The van der Waals surface area contributed by atoms with E-state index in [0.717, 1.165) is 18.9 Å². The number of carboxylic acids is 1. The van der Waals surface area contributed by atoms with Crippen molar-refractivity contribution < 1.29 is 14.7 Å². The summed E-state index contributed by atoms with van der Waals surface area (Å²) in [6.07, 6.45) is 0. The molecule has 1 aromatic rings. The molecule has 102 valence electrons. The Morgan fingerprint density at radius 3 is 2.32 bits per heavy atom. The van der Waals surface area contributed by atoms with E-state index in [0.29, 0.717) is 18.8 Å². The van der Waals surface area contributed by atoms with Crippen LogP contribution < -0.4 is 4.90 Å². The average molecular weight is 263 g/mol. The molecule has 0 saturated carbocycles. The van der Waals surface area contributed by atoms with E-state index in [-0.39, 0.29) is 11.5 Å². The maximum absolute atomic E-state index is 11.2. The zero-order chi connectivity index (χ0) is 14.0. The summed E-state index contributed by atoms with van der Waals surface area (Å²) in [5, 5.41) is 8.96. The summed E-state index contributed by atoms with van der Waals surface area (Å²) in [7, 11) is 0. The van der Waals surface area contributed by atoms with Gasteiger partial charge >= 0.3 is 5.97 Å². The van der Waals surface area contributed by atoms with Gasteiger partial charge in [0.1, 0.15) is 5.82 Å². The number of hydrogen-bond donors (Lipinski definition) is 1. The maximum atomic E-state index is 11.2. The van der Waals surface area contributed by atoms with Crippen molar-refractivity contribution in [3.63, 3.8) is 0 Å². The van der Waals surface area contributed by atoms with Gasteiger partial charge in [-0.25, -0.2) is 9.78 Å². The van der Waals surface area contributed by atoms with Gasteiger partial charge in [-0.2, -0.15) is 0 Å². The Kier molecular flexibility index (Phi) is 3.69. The van der Waals surface area contributed by atoms with Crippen molar-refractivity contribution in [2.45, 2.75) is 13.8 Å². The zero-order valence-corrected chi connectivity index (χ0v) is 11.1. The van der Waals surface area contributed by atoms with E-state index in [1.807, 2.05) is 0 Å². The molecular formula is C13H17N3O3. The van der Waals surface area contributed by atoms with E-state index in [1.54, 1.807) is 30.9 Å². The van der Waals surface area contributed by atoms with E-state index >= 15 is 0 Å². The SMILES string of the molecule is CC(=O)N1CCN(c2ccc(C(=O)O)c(C)n2)CC1. The normalized spacial score (nSPS) is 15.5. The number of piperazine rings is 1. The molecule has 1 N–H and O–H groups in total. The number of pyridine rings is 1. The number of anilines is 1. The molecule has 1 saturated heterocycles. The fraction of sp³-hybridized carbons (Fsp3) is 0.462. The van der Waals surface area contributed by atoms with Gasteiger partial charge in [0.05, 0.1) is 11.3 Å². The third-order valence-electron chi connectivity index (χ3n) is 3.35. The molecule has 0 bridgehead atoms. The van der Waals surface area contributed by atoms with E-state index < -0.39 is 5.97 Å². The summed E-state index contributed by atoms with van der Waals surface area (Å²) in [6.45, 7) is 6.06. The van der Waals surface area contributed by atoms with Gasteiger partial charge in [-0.3, -0.25) is 4.79 Å². The molecule has 2 rings (SSSR count). The molecule has 1 aliphatic heterocycles. The van der Waals surface area contributed by atoms with Crippen LogP contribution in [-0.4, -0.2) is 53.0 Å². The minimum atomic E-state index is -0.960. The number of carbonyl (C=O) groups excluding carboxylic acids is 1. The van der Waals surface area contributed by atoms with Crippen LogP contribution in [0.15, 0.2) is 12.1 Å². The monoisotopic (exact) mass is 263 g/mol. The smallest absolute Gasteiger partial charge is 0.337 e. The summed E-state index contributed by atoms with van der Waals surface area (Å²) >= 11 is 0. The predicted molar refractivity (Wildman–Crippen MR) is 70.4 cm³/mol.